The lowest BCUT2D eigenvalue weighted by molar-refractivity contribution is -0.132. The summed E-state index contributed by atoms with van der Waals surface area (Å²) in [7, 11) is 0. The zero-order valence-electron chi connectivity index (χ0n) is 13.9. The van der Waals surface area contributed by atoms with Gasteiger partial charge in [0.15, 0.2) is 0 Å². The standard InChI is InChI=1S/C19H22N2O2S/c1-15-4-2-3-5-16(15)6-7-18(22)20-9-11-21(12-10-20)19(23)17-8-13-24-14-17/h2-5,8,13-14H,6-7,9-12H2,1H3. The summed E-state index contributed by atoms with van der Waals surface area (Å²) in [5.74, 6) is 0.254. The van der Waals surface area contributed by atoms with Crippen molar-refractivity contribution in [2.24, 2.45) is 0 Å². The fourth-order valence-corrected chi connectivity index (χ4v) is 3.65. The van der Waals surface area contributed by atoms with Crippen LogP contribution in [0.4, 0.5) is 0 Å². The maximum Gasteiger partial charge on any atom is 0.254 e. The minimum Gasteiger partial charge on any atom is -0.339 e. The Morgan fingerprint density at radius 3 is 2.42 bits per heavy atom. The van der Waals surface area contributed by atoms with Crippen molar-refractivity contribution < 1.29 is 9.59 Å². The summed E-state index contributed by atoms with van der Waals surface area (Å²) in [6, 6.07) is 10.0. The molecule has 1 saturated heterocycles. The van der Waals surface area contributed by atoms with E-state index in [1.54, 1.807) is 0 Å². The van der Waals surface area contributed by atoms with Gasteiger partial charge in [0.1, 0.15) is 0 Å². The summed E-state index contributed by atoms with van der Waals surface area (Å²) < 4.78 is 0. The third-order valence-electron chi connectivity index (χ3n) is 4.56. The Bertz CT molecular complexity index is 704. The SMILES string of the molecule is Cc1ccccc1CCC(=O)N1CCN(C(=O)c2ccsc2)CC1. The number of benzene rings is 1. The Labute approximate surface area is 146 Å². The molecular weight excluding hydrogens is 320 g/mol. The lowest BCUT2D eigenvalue weighted by Gasteiger charge is -2.34. The van der Waals surface area contributed by atoms with Crippen molar-refractivity contribution in [3.05, 3.63) is 57.8 Å². The van der Waals surface area contributed by atoms with Gasteiger partial charge in [0.25, 0.3) is 5.91 Å². The monoisotopic (exact) mass is 342 g/mol. The van der Waals surface area contributed by atoms with Crippen LogP contribution >= 0.6 is 11.3 Å². The van der Waals surface area contributed by atoms with E-state index in [0.717, 1.165) is 12.0 Å². The molecule has 5 heteroatoms. The summed E-state index contributed by atoms with van der Waals surface area (Å²) in [6.45, 7) is 4.56. The minimum atomic E-state index is 0.0725. The average molecular weight is 342 g/mol. The zero-order chi connectivity index (χ0) is 16.9. The van der Waals surface area contributed by atoms with Gasteiger partial charge in [-0.05, 0) is 35.9 Å². The fourth-order valence-electron chi connectivity index (χ4n) is 3.02. The maximum atomic E-state index is 12.4. The summed E-state index contributed by atoms with van der Waals surface area (Å²) in [5.41, 5.74) is 3.22. The van der Waals surface area contributed by atoms with Gasteiger partial charge in [0, 0.05) is 38.0 Å². The third-order valence-corrected chi connectivity index (χ3v) is 5.24. The Balaban J connectivity index is 1.48. The second-order valence-electron chi connectivity index (χ2n) is 6.11. The minimum absolute atomic E-state index is 0.0725. The van der Waals surface area contributed by atoms with Crippen LogP contribution in [0.5, 0.6) is 0 Å². The number of piperazine rings is 1. The van der Waals surface area contributed by atoms with Gasteiger partial charge in [-0.1, -0.05) is 24.3 Å². The van der Waals surface area contributed by atoms with Gasteiger partial charge in [0.05, 0.1) is 5.56 Å². The molecule has 0 spiro atoms. The Morgan fingerprint density at radius 1 is 1.04 bits per heavy atom. The van der Waals surface area contributed by atoms with Crippen LogP contribution in [0.2, 0.25) is 0 Å². The van der Waals surface area contributed by atoms with Crippen LogP contribution < -0.4 is 0 Å². The van der Waals surface area contributed by atoms with Crippen molar-refractivity contribution in [2.75, 3.05) is 26.2 Å². The molecule has 1 aromatic carbocycles. The number of nitrogens with zero attached hydrogens (tertiary/aromatic N) is 2. The van der Waals surface area contributed by atoms with Crippen LogP contribution in [-0.2, 0) is 11.2 Å². The summed E-state index contributed by atoms with van der Waals surface area (Å²) in [4.78, 5) is 28.5. The molecule has 0 unspecified atom stereocenters. The normalized spacial score (nSPS) is 14.7. The number of hydrogen-bond donors (Lipinski definition) is 0. The Kier molecular flexibility index (Phi) is 5.30. The molecule has 0 N–H and O–H groups in total. The molecule has 1 aromatic heterocycles. The topological polar surface area (TPSA) is 40.6 Å². The molecule has 0 aliphatic carbocycles. The second kappa shape index (κ2) is 7.62. The summed E-state index contributed by atoms with van der Waals surface area (Å²) in [5, 5.41) is 3.79. The number of aryl methyl sites for hydroxylation is 2. The van der Waals surface area contributed by atoms with Crippen molar-refractivity contribution in [3.63, 3.8) is 0 Å². The molecule has 1 aliphatic rings. The van der Waals surface area contributed by atoms with Gasteiger partial charge in [-0.2, -0.15) is 11.3 Å². The summed E-state index contributed by atoms with van der Waals surface area (Å²) in [6.07, 6.45) is 1.31. The van der Waals surface area contributed by atoms with Crippen LogP contribution in [0.3, 0.4) is 0 Å². The molecule has 0 saturated carbocycles. The number of carbonyl (C=O) groups is 2. The highest BCUT2D eigenvalue weighted by Crippen LogP contribution is 2.14. The van der Waals surface area contributed by atoms with Crippen molar-refractivity contribution in [3.8, 4) is 0 Å². The van der Waals surface area contributed by atoms with Crippen molar-refractivity contribution >= 4 is 23.2 Å². The van der Waals surface area contributed by atoms with Crippen LogP contribution in [-0.4, -0.2) is 47.8 Å². The molecule has 126 valence electrons. The van der Waals surface area contributed by atoms with Crippen molar-refractivity contribution in [1.29, 1.82) is 0 Å². The van der Waals surface area contributed by atoms with Gasteiger partial charge in [-0.15, -0.1) is 0 Å². The number of amides is 2. The summed E-state index contributed by atoms with van der Waals surface area (Å²) >= 11 is 1.53. The van der Waals surface area contributed by atoms with Gasteiger partial charge >= 0.3 is 0 Å². The fraction of sp³-hybridized carbons (Fsp3) is 0.368. The van der Waals surface area contributed by atoms with Gasteiger partial charge in [-0.25, -0.2) is 0 Å². The first kappa shape index (κ1) is 16.7. The van der Waals surface area contributed by atoms with Crippen LogP contribution in [0, 0.1) is 6.92 Å². The van der Waals surface area contributed by atoms with E-state index >= 15 is 0 Å². The molecule has 1 fully saturated rings. The van der Waals surface area contributed by atoms with Crippen molar-refractivity contribution in [1.82, 2.24) is 9.80 Å². The van der Waals surface area contributed by atoms with E-state index in [-0.39, 0.29) is 11.8 Å². The number of carbonyl (C=O) groups excluding carboxylic acids is 2. The van der Waals surface area contributed by atoms with Crippen LogP contribution in [0.15, 0.2) is 41.1 Å². The molecule has 4 nitrogen and oxygen atoms in total. The highest BCUT2D eigenvalue weighted by atomic mass is 32.1. The van der Waals surface area contributed by atoms with Crippen molar-refractivity contribution in [2.45, 2.75) is 19.8 Å². The highest BCUT2D eigenvalue weighted by Gasteiger charge is 2.24. The molecule has 24 heavy (non-hydrogen) atoms. The molecule has 2 amide bonds. The van der Waals surface area contributed by atoms with Crippen LogP contribution in [0.1, 0.15) is 27.9 Å². The first-order valence-corrected chi connectivity index (χ1v) is 9.23. The largest absolute Gasteiger partial charge is 0.339 e. The maximum absolute atomic E-state index is 12.4. The van der Waals surface area contributed by atoms with E-state index < -0.39 is 0 Å². The molecule has 2 aromatic rings. The first-order chi connectivity index (χ1) is 11.6. The number of thiophene rings is 1. The molecule has 0 radical (unpaired) electrons. The second-order valence-corrected chi connectivity index (χ2v) is 6.89. The first-order valence-electron chi connectivity index (χ1n) is 8.29. The molecular formula is C19H22N2O2S. The molecule has 3 rings (SSSR count). The Hall–Kier alpha value is -2.14. The zero-order valence-corrected chi connectivity index (χ0v) is 14.7. The smallest absolute Gasteiger partial charge is 0.254 e. The van der Waals surface area contributed by atoms with E-state index in [1.165, 1.54) is 22.5 Å². The van der Waals surface area contributed by atoms with Gasteiger partial charge < -0.3 is 9.80 Å². The molecule has 1 aliphatic heterocycles. The predicted molar refractivity (Wildman–Crippen MR) is 96.3 cm³/mol. The molecule has 0 bridgehead atoms. The lowest BCUT2D eigenvalue weighted by atomic mass is 10.0. The predicted octanol–water partition coefficient (Wildman–Crippen LogP) is 2.97. The van der Waals surface area contributed by atoms with E-state index in [9.17, 15) is 9.59 Å². The van der Waals surface area contributed by atoms with E-state index in [1.807, 2.05) is 38.8 Å². The number of hydrogen-bond acceptors (Lipinski definition) is 3. The molecule has 0 atom stereocenters. The average Bonchev–Trinajstić information content (AvgIpc) is 3.15. The van der Waals surface area contributed by atoms with E-state index in [2.05, 4.69) is 19.1 Å². The molecule has 2 heterocycles. The van der Waals surface area contributed by atoms with E-state index in [0.29, 0.717) is 32.6 Å². The quantitative estimate of drug-likeness (QED) is 0.857. The Morgan fingerprint density at radius 2 is 1.75 bits per heavy atom. The van der Waals surface area contributed by atoms with E-state index in [4.69, 9.17) is 0 Å². The van der Waals surface area contributed by atoms with Crippen LogP contribution in [0.25, 0.3) is 0 Å². The van der Waals surface area contributed by atoms with Gasteiger partial charge in [-0.3, -0.25) is 9.59 Å². The van der Waals surface area contributed by atoms with Gasteiger partial charge in [0.2, 0.25) is 5.91 Å². The number of rotatable bonds is 4. The lowest BCUT2D eigenvalue weighted by Crippen LogP contribution is -2.50. The third kappa shape index (κ3) is 3.85. The highest BCUT2D eigenvalue weighted by molar-refractivity contribution is 7.08.